The molecule has 16 heavy (non-hydrogen) atoms. The Balaban J connectivity index is 2.26. The van der Waals surface area contributed by atoms with Gasteiger partial charge in [-0.2, -0.15) is 0 Å². The van der Waals surface area contributed by atoms with E-state index in [1.807, 2.05) is 30.3 Å². The molecule has 0 unspecified atom stereocenters. The second-order valence-electron chi connectivity index (χ2n) is 3.13. The van der Waals surface area contributed by atoms with E-state index >= 15 is 0 Å². The largest absolute Gasteiger partial charge is 0.384 e. The van der Waals surface area contributed by atoms with Crippen LogP contribution in [0.15, 0.2) is 42.9 Å². The molecule has 0 atom stereocenters. The molecule has 2 rings (SSSR count). The molecule has 0 saturated heterocycles. The van der Waals surface area contributed by atoms with E-state index in [9.17, 15) is 0 Å². The zero-order valence-electron chi connectivity index (χ0n) is 8.59. The van der Waals surface area contributed by atoms with E-state index in [2.05, 4.69) is 21.8 Å². The fraction of sp³-hybridized carbons (Fsp3) is 0.0769. The highest BCUT2D eigenvalue weighted by Gasteiger charge is 1.97. The van der Waals surface area contributed by atoms with Crippen molar-refractivity contribution in [2.45, 2.75) is 0 Å². The van der Waals surface area contributed by atoms with Crippen LogP contribution in [0.5, 0.6) is 0 Å². The van der Waals surface area contributed by atoms with Crippen LogP contribution in [0.4, 0.5) is 0 Å². The summed E-state index contributed by atoms with van der Waals surface area (Å²) in [7, 11) is 0. The van der Waals surface area contributed by atoms with Crippen LogP contribution in [0, 0.1) is 11.8 Å². The van der Waals surface area contributed by atoms with Gasteiger partial charge in [0.15, 0.2) is 0 Å². The van der Waals surface area contributed by atoms with Crippen molar-refractivity contribution in [1.82, 2.24) is 9.97 Å². The van der Waals surface area contributed by atoms with Crippen LogP contribution in [0.25, 0.3) is 11.3 Å². The summed E-state index contributed by atoms with van der Waals surface area (Å²) < 4.78 is 0. The van der Waals surface area contributed by atoms with E-state index in [0.717, 1.165) is 16.8 Å². The van der Waals surface area contributed by atoms with Gasteiger partial charge in [-0.15, -0.1) is 0 Å². The minimum Gasteiger partial charge on any atom is -0.384 e. The lowest BCUT2D eigenvalue weighted by Crippen LogP contribution is -1.84. The van der Waals surface area contributed by atoms with Crippen LogP contribution >= 0.6 is 0 Å². The third-order valence-corrected chi connectivity index (χ3v) is 2.07. The van der Waals surface area contributed by atoms with Crippen molar-refractivity contribution >= 4 is 0 Å². The van der Waals surface area contributed by atoms with E-state index in [-0.39, 0.29) is 6.61 Å². The zero-order chi connectivity index (χ0) is 11.2. The van der Waals surface area contributed by atoms with Gasteiger partial charge in [0.2, 0.25) is 0 Å². The lowest BCUT2D eigenvalue weighted by Gasteiger charge is -1.99. The summed E-state index contributed by atoms with van der Waals surface area (Å²) in [6, 6.07) is 9.56. The standard InChI is InChI=1S/C13H10N2O/c16-9-1-2-11-3-5-12(6-4-11)13-7-8-14-10-15-13/h3-8,10,16H,9H2. The Morgan fingerprint density at radius 3 is 2.56 bits per heavy atom. The topological polar surface area (TPSA) is 46.0 Å². The van der Waals surface area contributed by atoms with Crippen LogP contribution in [0.1, 0.15) is 5.56 Å². The SMILES string of the molecule is OCC#Cc1ccc(-c2ccncn2)cc1. The lowest BCUT2D eigenvalue weighted by molar-refractivity contribution is 0.350. The van der Waals surface area contributed by atoms with Crippen LogP contribution in [-0.4, -0.2) is 21.7 Å². The van der Waals surface area contributed by atoms with Gasteiger partial charge in [-0.3, -0.25) is 0 Å². The third kappa shape index (κ3) is 2.44. The van der Waals surface area contributed by atoms with E-state index in [1.165, 1.54) is 6.33 Å². The highest BCUT2D eigenvalue weighted by Crippen LogP contribution is 2.15. The molecule has 1 heterocycles. The van der Waals surface area contributed by atoms with Crippen LogP contribution in [0.3, 0.4) is 0 Å². The van der Waals surface area contributed by atoms with Gasteiger partial charge < -0.3 is 5.11 Å². The molecule has 0 aliphatic carbocycles. The predicted molar refractivity (Wildman–Crippen MR) is 61.4 cm³/mol. The van der Waals surface area contributed by atoms with Crippen LogP contribution < -0.4 is 0 Å². The molecule has 0 aliphatic heterocycles. The maximum absolute atomic E-state index is 8.57. The normalized spacial score (nSPS) is 9.31. The van der Waals surface area contributed by atoms with E-state index in [1.54, 1.807) is 6.20 Å². The quantitative estimate of drug-likeness (QED) is 0.725. The second-order valence-corrected chi connectivity index (χ2v) is 3.13. The van der Waals surface area contributed by atoms with Gasteiger partial charge in [0.05, 0.1) is 5.69 Å². The minimum atomic E-state index is -0.117. The Morgan fingerprint density at radius 1 is 1.12 bits per heavy atom. The summed E-state index contributed by atoms with van der Waals surface area (Å²) in [5, 5.41) is 8.57. The highest BCUT2D eigenvalue weighted by molar-refractivity contribution is 5.59. The van der Waals surface area contributed by atoms with Gasteiger partial charge in [0.25, 0.3) is 0 Å². The van der Waals surface area contributed by atoms with Gasteiger partial charge >= 0.3 is 0 Å². The highest BCUT2D eigenvalue weighted by atomic mass is 16.2. The average Bonchev–Trinajstić information content (AvgIpc) is 2.38. The summed E-state index contributed by atoms with van der Waals surface area (Å²) >= 11 is 0. The van der Waals surface area contributed by atoms with Gasteiger partial charge in [0, 0.05) is 17.3 Å². The number of hydrogen-bond acceptors (Lipinski definition) is 3. The van der Waals surface area contributed by atoms with Crippen molar-refractivity contribution in [2.75, 3.05) is 6.61 Å². The minimum absolute atomic E-state index is 0.117. The predicted octanol–water partition coefficient (Wildman–Crippen LogP) is 1.49. The molecule has 0 amide bonds. The first kappa shape index (κ1) is 10.3. The molecule has 1 aromatic carbocycles. The van der Waals surface area contributed by atoms with E-state index in [4.69, 9.17) is 5.11 Å². The van der Waals surface area contributed by atoms with Gasteiger partial charge in [-0.05, 0) is 18.2 Å². The maximum atomic E-state index is 8.57. The first-order chi connectivity index (χ1) is 7.90. The number of hydrogen-bond donors (Lipinski definition) is 1. The first-order valence-corrected chi connectivity index (χ1v) is 4.86. The number of aliphatic hydroxyl groups excluding tert-OH is 1. The van der Waals surface area contributed by atoms with Crippen molar-refractivity contribution in [3.8, 4) is 23.1 Å². The average molecular weight is 210 g/mol. The zero-order valence-corrected chi connectivity index (χ0v) is 8.59. The van der Waals surface area contributed by atoms with Gasteiger partial charge in [-0.25, -0.2) is 9.97 Å². The van der Waals surface area contributed by atoms with Crippen molar-refractivity contribution in [2.24, 2.45) is 0 Å². The first-order valence-electron chi connectivity index (χ1n) is 4.86. The molecule has 1 aromatic heterocycles. The van der Waals surface area contributed by atoms with Crippen molar-refractivity contribution in [3.63, 3.8) is 0 Å². The molecule has 3 heteroatoms. The molecule has 2 aromatic rings. The van der Waals surface area contributed by atoms with Gasteiger partial charge in [-0.1, -0.05) is 24.0 Å². The monoisotopic (exact) mass is 210 g/mol. The van der Waals surface area contributed by atoms with Crippen molar-refractivity contribution in [1.29, 1.82) is 0 Å². The van der Waals surface area contributed by atoms with E-state index in [0.29, 0.717) is 0 Å². The maximum Gasteiger partial charge on any atom is 0.116 e. The van der Waals surface area contributed by atoms with Crippen LogP contribution in [-0.2, 0) is 0 Å². The Kier molecular flexibility index (Phi) is 3.27. The number of nitrogens with zero attached hydrogens (tertiary/aromatic N) is 2. The third-order valence-electron chi connectivity index (χ3n) is 2.07. The van der Waals surface area contributed by atoms with Crippen molar-refractivity contribution in [3.05, 3.63) is 48.4 Å². The molecule has 78 valence electrons. The molecule has 1 N–H and O–H groups in total. The Hall–Kier alpha value is -2.18. The fourth-order valence-corrected chi connectivity index (χ4v) is 1.33. The molecule has 0 radical (unpaired) electrons. The lowest BCUT2D eigenvalue weighted by atomic mass is 10.1. The molecule has 3 nitrogen and oxygen atoms in total. The number of benzene rings is 1. The molecule has 0 fully saturated rings. The van der Waals surface area contributed by atoms with Crippen molar-refractivity contribution < 1.29 is 5.11 Å². The molecule has 0 bridgehead atoms. The van der Waals surface area contributed by atoms with E-state index < -0.39 is 0 Å². The van der Waals surface area contributed by atoms with Crippen LogP contribution in [0.2, 0.25) is 0 Å². The molecule has 0 aliphatic rings. The molecule has 0 spiro atoms. The summed E-state index contributed by atoms with van der Waals surface area (Å²) in [5.41, 5.74) is 2.79. The van der Waals surface area contributed by atoms with Gasteiger partial charge in [0.1, 0.15) is 12.9 Å². The Morgan fingerprint density at radius 2 is 1.94 bits per heavy atom. The Labute approximate surface area is 93.8 Å². The summed E-state index contributed by atoms with van der Waals surface area (Å²) in [4.78, 5) is 8.02. The Bertz CT molecular complexity index is 509. The summed E-state index contributed by atoms with van der Waals surface area (Å²) in [6.45, 7) is -0.117. The molecular formula is C13H10N2O. The smallest absolute Gasteiger partial charge is 0.116 e. The number of rotatable bonds is 1. The fourth-order valence-electron chi connectivity index (χ4n) is 1.33. The number of aliphatic hydroxyl groups is 1. The second kappa shape index (κ2) is 5.06. The number of aromatic nitrogens is 2. The molecule has 0 saturated carbocycles. The summed E-state index contributed by atoms with van der Waals surface area (Å²) in [6.07, 6.45) is 3.23. The summed E-state index contributed by atoms with van der Waals surface area (Å²) in [5.74, 6) is 5.44. The molecular weight excluding hydrogens is 200 g/mol.